The van der Waals surface area contributed by atoms with Crippen LogP contribution in [0.5, 0.6) is 0 Å². The molecular formula is C8H12Si. The van der Waals surface area contributed by atoms with E-state index in [4.69, 9.17) is 12.8 Å². The highest BCUT2D eigenvalue weighted by Crippen LogP contribution is 1.98. The SMILES string of the molecule is C#C[SiH](C#C)CCCC. The van der Waals surface area contributed by atoms with Crippen LogP contribution in [-0.2, 0) is 0 Å². The van der Waals surface area contributed by atoms with Gasteiger partial charge in [0.25, 0.3) is 0 Å². The smallest absolute Gasteiger partial charge is 0.126 e. The first-order valence-electron chi connectivity index (χ1n) is 3.27. The van der Waals surface area contributed by atoms with Crippen molar-refractivity contribution in [3.8, 4) is 23.9 Å². The molecule has 0 aliphatic carbocycles. The third kappa shape index (κ3) is 3.88. The molecule has 0 aliphatic rings. The molecule has 0 atom stereocenters. The highest BCUT2D eigenvalue weighted by molar-refractivity contribution is 6.75. The summed E-state index contributed by atoms with van der Waals surface area (Å²) in [5.74, 6) is 0. The van der Waals surface area contributed by atoms with Gasteiger partial charge in [0, 0.05) is 0 Å². The van der Waals surface area contributed by atoms with Crippen LogP contribution >= 0.6 is 0 Å². The zero-order valence-electron chi connectivity index (χ0n) is 5.85. The molecule has 0 amide bonds. The fourth-order valence-electron chi connectivity index (χ4n) is 0.623. The Bertz CT molecular complexity index is 122. The summed E-state index contributed by atoms with van der Waals surface area (Å²) in [6, 6.07) is 1.11. The Kier molecular flexibility index (Phi) is 5.07. The molecule has 0 nitrogen and oxygen atoms in total. The van der Waals surface area contributed by atoms with Crippen molar-refractivity contribution in [2.75, 3.05) is 0 Å². The molecule has 0 aromatic carbocycles. The third-order valence-electron chi connectivity index (χ3n) is 1.25. The van der Waals surface area contributed by atoms with Gasteiger partial charge in [-0.25, -0.2) is 0 Å². The molecule has 0 unspecified atom stereocenters. The van der Waals surface area contributed by atoms with E-state index >= 15 is 0 Å². The lowest BCUT2D eigenvalue weighted by atomic mass is 10.4. The van der Waals surface area contributed by atoms with Gasteiger partial charge in [0.1, 0.15) is 0 Å². The van der Waals surface area contributed by atoms with Crippen LogP contribution in [-0.4, -0.2) is 8.80 Å². The Morgan fingerprint density at radius 1 is 1.33 bits per heavy atom. The monoisotopic (exact) mass is 136 g/mol. The second kappa shape index (κ2) is 5.47. The van der Waals surface area contributed by atoms with Gasteiger partial charge in [-0.3, -0.25) is 0 Å². The van der Waals surface area contributed by atoms with Crippen LogP contribution in [0.15, 0.2) is 0 Å². The van der Waals surface area contributed by atoms with Crippen molar-refractivity contribution in [2.24, 2.45) is 0 Å². The highest BCUT2D eigenvalue weighted by Gasteiger charge is 1.99. The summed E-state index contributed by atoms with van der Waals surface area (Å²) in [7, 11) is -1.15. The van der Waals surface area contributed by atoms with Gasteiger partial charge >= 0.3 is 0 Å². The van der Waals surface area contributed by atoms with Crippen molar-refractivity contribution < 1.29 is 0 Å². The van der Waals surface area contributed by atoms with Crippen molar-refractivity contribution >= 4 is 8.80 Å². The molecule has 9 heavy (non-hydrogen) atoms. The highest BCUT2D eigenvalue weighted by atomic mass is 28.3. The second-order valence-electron chi connectivity index (χ2n) is 2.03. The molecule has 48 valence electrons. The molecule has 0 radical (unpaired) electrons. The van der Waals surface area contributed by atoms with E-state index < -0.39 is 8.80 Å². The van der Waals surface area contributed by atoms with Crippen molar-refractivity contribution in [1.82, 2.24) is 0 Å². The predicted molar refractivity (Wildman–Crippen MR) is 44.5 cm³/mol. The molecule has 0 aromatic heterocycles. The summed E-state index contributed by atoms with van der Waals surface area (Å²) in [6.07, 6.45) is 12.8. The quantitative estimate of drug-likeness (QED) is 0.406. The van der Waals surface area contributed by atoms with Gasteiger partial charge in [-0.2, -0.15) is 0 Å². The zero-order valence-corrected chi connectivity index (χ0v) is 7.01. The first-order valence-corrected chi connectivity index (χ1v) is 5.24. The van der Waals surface area contributed by atoms with Crippen LogP contribution in [0.4, 0.5) is 0 Å². The molecule has 0 aromatic rings. The normalized spacial score (nSPS) is 8.44. The summed E-state index contributed by atoms with van der Waals surface area (Å²) in [5.41, 5.74) is 5.38. The minimum atomic E-state index is -1.15. The van der Waals surface area contributed by atoms with E-state index in [2.05, 4.69) is 18.0 Å². The average Bonchev–Trinajstić information content (AvgIpc) is 1.91. The van der Waals surface area contributed by atoms with Crippen LogP contribution in [0, 0.1) is 23.9 Å². The molecule has 1 heteroatoms. The van der Waals surface area contributed by atoms with E-state index in [-0.39, 0.29) is 0 Å². The molecule has 0 saturated heterocycles. The Hall–Kier alpha value is -0.663. The summed E-state index contributed by atoms with van der Waals surface area (Å²) in [4.78, 5) is 0. The van der Waals surface area contributed by atoms with Gasteiger partial charge < -0.3 is 0 Å². The van der Waals surface area contributed by atoms with Crippen LogP contribution in [0.25, 0.3) is 0 Å². The standard InChI is InChI=1S/C8H12Si/c1-4-7-8-9(5-2)6-3/h2-3,9H,4,7-8H2,1H3. The Morgan fingerprint density at radius 2 is 1.89 bits per heavy atom. The Morgan fingerprint density at radius 3 is 2.22 bits per heavy atom. The van der Waals surface area contributed by atoms with Gasteiger partial charge in [-0.15, -0.1) is 23.9 Å². The molecule has 0 heterocycles. The van der Waals surface area contributed by atoms with E-state index in [1.807, 2.05) is 0 Å². The van der Waals surface area contributed by atoms with Crippen LogP contribution in [0.3, 0.4) is 0 Å². The van der Waals surface area contributed by atoms with Crippen molar-refractivity contribution in [1.29, 1.82) is 0 Å². The largest absolute Gasteiger partial charge is 0.201 e. The first-order chi connectivity index (χ1) is 4.35. The van der Waals surface area contributed by atoms with Crippen molar-refractivity contribution in [2.45, 2.75) is 25.8 Å². The Balaban J connectivity index is 3.38. The fourth-order valence-corrected chi connectivity index (χ4v) is 1.87. The molecule has 0 N–H and O–H groups in total. The van der Waals surface area contributed by atoms with E-state index in [0.717, 1.165) is 6.04 Å². The van der Waals surface area contributed by atoms with Crippen molar-refractivity contribution in [3.63, 3.8) is 0 Å². The lowest BCUT2D eigenvalue weighted by Crippen LogP contribution is -2.05. The van der Waals surface area contributed by atoms with E-state index in [0.29, 0.717) is 0 Å². The molecule has 0 aliphatic heterocycles. The maximum Gasteiger partial charge on any atom is 0.201 e. The van der Waals surface area contributed by atoms with Crippen LogP contribution in [0.1, 0.15) is 19.8 Å². The predicted octanol–water partition coefficient (Wildman–Crippen LogP) is 1.36. The number of hydrogen-bond donors (Lipinski definition) is 0. The fraction of sp³-hybridized carbons (Fsp3) is 0.500. The maximum atomic E-state index is 5.19. The number of rotatable bonds is 3. The molecule has 0 bridgehead atoms. The summed E-state index contributed by atoms with van der Waals surface area (Å²) in [5, 5.41) is 0. The van der Waals surface area contributed by atoms with E-state index in [1.54, 1.807) is 0 Å². The van der Waals surface area contributed by atoms with E-state index in [1.165, 1.54) is 12.8 Å². The van der Waals surface area contributed by atoms with E-state index in [9.17, 15) is 0 Å². The van der Waals surface area contributed by atoms with Gasteiger partial charge in [-0.05, 0) is 6.04 Å². The second-order valence-corrected chi connectivity index (χ2v) is 4.38. The Labute approximate surface area is 59.3 Å². The lowest BCUT2D eigenvalue weighted by Gasteiger charge is -1.95. The minimum absolute atomic E-state index is 1.11. The van der Waals surface area contributed by atoms with Crippen LogP contribution in [0.2, 0.25) is 6.04 Å². The maximum absolute atomic E-state index is 5.19. The first kappa shape index (κ1) is 8.34. The summed E-state index contributed by atoms with van der Waals surface area (Å²) < 4.78 is 0. The average molecular weight is 136 g/mol. The lowest BCUT2D eigenvalue weighted by molar-refractivity contribution is 0.879. The molecule has 0 spiro atoms. The third-order valence-corrected chi connectivity index (χ3v) is 3.04. The number of hydrogen-bond acceptors (Lipinski definition) is 0. The topological polar surface area (TPSA) is 0 Å². The van der Waals surface area contributed by atoms with Gasteiger partial charge in [0.15, 0.2) is 0 Å². The zero-order chi connectivity index (χ0) is 7.11. The van der Waals surface area contributed by atoms with Crippen molar-refractivity contribution in [3.05, 3.63) is 0 Å². The summed E-state index contributed by atoms with van der Waals surface area (Å²) in [6.45, 7) is 2.15. The molecule has 0 saturated carbocycles. The molecular weight excluding hydrogens is 124 g/mol. The number of unbranched alkanes of at least 4 members (excludes halogenated alkanes) is 1. The van der Waals surface area contributed by atoms with Gasteiger partial charge in [-0.1, -0.05) is 19.8 Å². The van der Waals surface area contributed by atoms with Crippen LogP contribution < -0.4 is 0 Å². The van der Waals surface area contributed by atoms with Gasteiger partial charge in [0.2, 0.25) is 8.80 Å². The minimum Gasteiger partial charge on any atom is -0.126 e. The van der Waals surface area contributed by atoms with Gasteiger partial charge in [0.05, 0.1) is 0 Å². The molecule has 0 fully saturated rings. The summed E-state index contributed by atoms with van der Waals surface area (Å²) >= 11 is 0. The number of terminal acetylenes is 2. The molecule has 0 rings (SSSR count).